The van der Waals surface area contributed by atoms with E-state index in [9.17, 15) is 0 Å². The molecule has 0 atom stereocenters. The zero-order valence-corrected chi connectivity index (χ0v) is 12.1. The number of H-pyrrole nitrogens is 1. The van der Waals surface area contributed by atoms with Crippen molar-refractivity contribution in [3.05, 3.63) is 53.1 Å². The summed E-state index contributed by atoms with van der Waals surface area (Å²) in [4.78, 5) is 7.28. The number of ether oxygens (including phenoxy) is 1. The lowest BCUT2D eigenvalue weighted by Crippen LogP contribution is -2.06. The van der Waals surface area contributed by atoms with Crippen LogP contribution in [0, 0.1) is 0 Å². The predicted molar refractivity (Wildman–Crippen MR) is 80.8 cm³/mol. The second kappa shape index (κ2) is 5.53. The Labute approximate surface area is 119 Å². The van der Waals surface area contributed by atoms with Crippen LogP contribution in [-0.4, -0.2) is 16.6 Å². The van der Waals surface area contributed by atoms with Crippen molar-refractivity contribution >= 4 is 5.57 Å². The Morgan fingerprint density at radius 3 is 2.95 bits per heavy atom. The molecule has 104 valence electrons. The van der Waals surface area contributed by atoms with Gasteiger partial charge in [-0.1, -0.05) is 11.6 Å². The first-order valence-electron chi connectivity index (χ1n) is 7.20. The fourth-order valence-electron chi connectivity index (χ4n) is 2.89. The van der Waals surface area contributed by atoms with Crippen LogP contribution in [-0.2, 0) is 12.8 Å². The number of aromatic amines is 1. The first kappa shape index (κ1) is 13.0. The second-order valence-corrected chi connectivity index (χ2v) is 5.23. The molecule has 0 unspecified atom stereocenters. The van der Waals surface area contributed by atoms with Gasteiger partial charge in [0, 0.05) is 18.3 Å². The first-order chi connectivity index (χ1) is 9.78. The third kappa shape index (κ3) is 2.48. The monoisotopic (exact) mass is 268 g/mol. The summed E-state index contributed by atoms with van der Waals surface area (Å²) in [6, 6.07) is 6.46. The molecule has 0 bridgehead atoms. The smallest absolute Gasteiger partial charge is 0.119 e. The van der Waals surface area contributed by atoms with Gasteiger partial charge in [0.25, 0.3) is 0 Å². The largest absolute Gasteiger partial charge is 0.494 e. The summed E-state index contributed by atoms with van der Waals surface area (Å²) in [7, 11) is 0. The van der Waals surface area contributed by atoms with Crippen LogP contribution in [0.15, 0.2) is 36.3 Å². The summed E-state index contributed by atoms with van der Waals surface area (Å²) in [6.45, 7) is 4.97. The minimum absolute atomic E-state index is 0.721. The third-order valence-corrected chi connectivity index (χ3v) is 3.98. The van der Waals surface area contributed by atoms with Gasteiger partial charge in [-0.05, 0) is 55.5 Å². The van der Waals surface area contributed by atoms with Crippen LogP contribution in [0.3, 0.4) is 0 Å². The lowest BCUT2D eigenvalue weighted by molar-refractivity contribution is 0.340. The fourth-order valence-corrected chi connectivity index (χ4v) is 2.89. The van der Waals surface area contributed by atoms with E-state index in [4.69, 9.17) is 4.74 Å². The standard InChI is InChI=1S/C17H20N2O/c1-3-20-16-6-7-17-12(2)13(4-5-14(17)9-16)8-15-10-18-11-19-15/h6-7,9-11H,3-5,8H2,1-2H3,(H,18,19). The minimum atomic E-state index is 0.721. The zero-order chi connectivity index (χ0) is 13.9. The van der Waals surface area contributed by atoms with Crippen molar-refractivity contribution in [2.45, 2.75) is 33.1 Å². The van der Waals surface area contributed by atoms with E-state index in [-0.39, 0.29) is 0 Å². The lowest BCUT2D eigenvalue weighted by atomic mass is 9.84. The molecule has 0 fully saturated rings. The van der Waals surface area contributed by atoms with E-state index in [1.807, 2.05) is 13.1 Å². The number of nitrogens with zero attached hydrogens (tertiary/aromatic N) is 1. The molecule has 0 saturated heterocycles. The van der Waals surface area contributed by atoms with Crippen LogP contribution in [0.2, 0.25) is 0 Å². The molecule has 1 N–H and O–H groups in total. The van der Waals surface area contributed by atoms with Gasteiger partial charge in [-0.2, -0.15) is 0 Å². The number of hydrogen-bond donors (Lipinski definition) is 1. The van der Waals surface area contributed by atoms with Crippen LogP contribution in [0.1, 0.15) is 37.1 Å². The van der Waals surface area contributed by atoms with Gasteiger partial charge >= 0.3 is 0 Å². The summed E-state index contributed by atoms with van der Waals surface area (Å²) in [5, 5.41) is 0. The molecular weight excluding hydrogens is 248 g/mol. The van der Waals surface area contributed by atoms with Crippen molar-refractivity contribution < 1.29 is 4.74 Å². The summed E-state index contributed by atoms with van der Waals surface area (Å²) >= 11 is 0. The van der Waals surface area contributed by atoms with Gasteiger partial charge in [0.1, 0.15) is 5.75 Å². The Balaban J connectivity index is 1.89. The Bertz CT molecular complexity index is 626. The molecule has 3 heteroatoms. The Morgan fingerprint density at radius 1 is 1.30 bits per heavy atom. The summed E-state index contributed by atoms with van der Waals surface area (Å²) in [5.74, 6) is 0.982. The number of hydrogen-bond acceptors (Lipinski definition) is 2. The molecule has 0 saturated carbocycles. The van der Waals surface area contributed by atoms with Crippen molar-refractivity contribution in [1.82, 2.24) is 9.97 Å². The summed E-state index contributed by atoms with van der Waals surface area (Å²) in [5.41, 5.74) is 6.87. The highest BCUT2D eigenvalue weighted by Crippen LogP contribution is 2.34. The molecule has 3 nitrogen and oxygen atoms in total. The maximum Gasteiger partial charge on any atom is 0.119 e. The number of nitrogens with one attached hydrogen (secondary N) is 1. The van der Waals surface area contributed by atoms with E-state index < -0.39 is 0 Å². The molecule has 1 aliphatic rings. The van der Waals surface area contributed by atoms with Gasteiger partial charge < -0.3 is 9.72 Å². The van der Waals surface area contributed by atoms with Crippen LogP contribution in [0.5, 0.6) is 5.75 Å². The van der Waals surface area contributed by atoms with Gasteiger partial charge in [0.05, 0.1) is 12.9 Å². The predicted octanol–water partition coefficient (Wildman–Crippen LogP) is 3.77. The number of aromatic nitrogens is 2. The maximum absolute atomic E-state index is 5.59. The molecule has 3 rings (SSSR count). The minimum Gasteiger partial charge on any atom is -0.494 e. The van der Waals surface area contributed by atoms with Gasteiger partial charge in [0.15, 0.2) is 0 Å². The van der Waals surface area contributed by atoms with E-state index in [0.29, 0.717) is 0 Å². The van der Waals surface area contributed by atoms with Gasteiger partial charge in [-0.3, -0.25) is 0 Å². The SMILES string of the molecule is CCOc1ccc2c(c1)CCC(Cc1cnc[nH]1)=C2C. The zero-order valence-electron chi connectivity index (χ0n) is 12.1. The number of allylic oxidation sites excluding steroid dienone is 2. The van der Waals surface area contributed by atoms with Crippen LogP contribution in [0.4, 0.5) is 0 Å². The molecule has 2 aromatic rings. The highest BCUT2D eigenvalue weighted by atomic mass is 16.5. The average molecular weight is 268 g/mol. The summed E-state index contributed by atoms with van der Waals surface area (Å²) < 4.78 is 5.59. The fraction of sp³-hybridized carbons (Fsp3) is 0.353. The molecule has 0 radical (unpaired) electrons. The van der Waals surface area contributed by atoms with Crippen molar-refractivity contribution in [3.8, 4) is 5.75 Å². The molecule has 0 spiro atoms. The molecule has 1 aromatic carbocycles. The molecule has 0 amide bonds. The number of fused-ring (bicyclic) bond motifs is 1. The maximum atomic E-state index is 5.59. The lowest BCUT2D eigenvalue weighted by Gasteiger charge is -2.22. The van der Waals surface area contributed by atoms with Crippen molar-refractivity contribution in [2.75, 3.05) is 6.61 Å². The molecule has 1 aliphatic carbocycles. The molecule has 1 aromatic heterocycles. The van der Waals surface area contributed by atoms with Crippen molar-refractivity contribution in [3.63, 3.8) is 0 Å². The normalized spacial score (nSPS) is 14.3. The highest BCUT2D eigenvalue weighted by Gasteiger charge is 2.17. The Morgan fingerprint density at radius 2 is 2.20 bits per heavy atom. The molecular formula is C17H20N2O. The quantitative estimate of drug-likeness (QED) is 0.916. The van der Waals surface area contributed by atoms with Crippen molar-refractivity contribution in [1.29, 1.82) is 0 Å². The number of rotatable bonds is 4. The van der Waals surface area contributed by atoms with Crippen LogP contribution in [0.25, 0.3) is 5.57 Å². The highest BCUT2D eigenvalue weighted by molar-refractivity contribution is 5.72. The van der Waals surface area contributed by atoms with E-state index in [0.717, 1.165) is 31.6 Å². The number of benzene rings is 1. The van der Waals surface area contributed by atoms with E-state index in [1.54, 1.807) is 6.33 Å². The van der Waals surface area contributed by atoms with Crippen molar-refractivity contribution in [2.24, 2.45) is 0 Å². The van der Waals surface area contributed by atoms with Gasteiger partial charge in [0.2, 0.25) is 0 Å². The number of aryl methyl sites for hydroxylation is 1. The third-order valence-electron chi connectivity index (χ3n) is 3.98. The average Bonchev–Trinajstić information content (AvgIpc) is 2.95. The topological polar surface area (TPSA) is 37.9 Å². The van der Waals surface area contributed by atoms with Gasteiger partial charge in [-0.25, -0.2) is 4.98 Å². The van der Waals surface area contributed by atoms with Gasteiger partial charge in [-0.15, -0.1) is 0 Å². The van der Waals surface area contributed by atoms with Crippen LogP contribution >= 0.6 is 0 Å². The summed E-state index contributed by atoms with van der Waals surface area (Å²) in [6.07, 6.45) is 6.84. The second-order valence-electron chi connectivity index (χ2n) is 5.23. The Hall–Kier alpha value is -2.03. The molecule has 1 heterocycles. The van der Waals surface area contributed by atoms with E-state index in [2.05, 4.69) is 35.1 Å². The van der Waals surface area contributed by atoms with E-state index in [1.165, 1.54) is 28.0 Å². The van der Waals surface area contributed by atoms with Crippen LogP contribution < -0.4 is 4.74 Å². The molecule has 20 heavy (non-hydrogen) atoms. The number of imidazole rings is 1. The molecule has 0 aliphatic heterocycles. The first-order valence-corrected chi connectivity index (χ1v) is 7.20. The van der Waals surface area contributed by atoms with E-state index >= 15 is 0 Å². The Kier molecular flexibility index (Phi) is 3.59.